The fourth-order valence-electron chi connectivity index (χ4n) is 1.80. The van der Waals surface area contributed by atoms with Crippen LogP contribution in [0.15, 0.2) is 18.3 Å². The van der Waals surface area contributed by atoms with Crippen molar-refractivity contribution in [3.63, 3.8) is 0 Å². The molecule has 1 aromatic heterocycles. The number of hydrogen-bond acceptors (Lipinski definition) is 4. The molecule has 0 unspecified atom stereocenters. The summed E-state index contributed by atoms with van der Waals surface area (Å²) < 4.78 is 5.20. The van der Waals surface area contributed by atoms with Crippen LogP contribution >= 0.6 is 0 Å². The molecule has 6 heteroatoms. The van der Waals surface area contributed by atoms with Crippen LogP contribution in [0.25, 0.3) is 0 Å². The third-order valence-corrected chi connectivity index (χ3v) is 2.80. The average molecular weight is 250 g/mol. The van der Waals surface area contributed by atoms with E-state index in [4.69, 9.17) is 9.84 Å². The number of nitrogens with zero attached hydrogens (tertiary/aromatic N) is 1. The molecule has 1 aliphatic heterocycles. The van der Waals surface area contributed by atoms with Crippen molar-refractivity contribution >= 4 is 11.9 Å². The number of carboxylic acid groups (broad SMARTS) is 1. The predicted octanol–water partition coefficient (Wildman–Crippen LogP) is 0.689. The summed E-state index contributed by atoms with van der Waals surface area (Å²) in [6, 6.07) is 2.87. The van der Waals surface area contributed by atoms with Gasteiger partial charge in [-0.05, 0) is 25.0 Å². The lowest BCUT2D eigenvalue weighted by atomic mass is 10.1. The summed E-state index contributed by atoms with van der Waals surface area (Å²) >= 11 is 0. The number of carbonyl (C=O) groups is 2. The zero-order valence-corrected chi connectivity index (χ0v) is 9.76. The molecule has 2 rings (SSSR count). The number of ether oxygens (including phenoxy) is 1. The number of amides is 1. The van der Waals surface area contributed by atoms with Gasteiger partial charge in [-0.1, -0.05) is 0 Å². The Labute approximate surface area is 104 Å². The number of carbonyl (C=O) groups excluding carboxylic acids is 1. The van der Waals surface area contributed by atoms with E-state index in [0.29, 0.717) is 18.8 Å². The number of aromatic carboxylic acids is 1. The second-order valence-electron chi connectivity index (χ2n) is 4.10. The van der Waals surface area contributed by atoms with Crippen LogP contribution < -0.4 is 5.32 Å². The third kappa shape index (κ3) is 3.04. The number of carboxylic acids is 1. The first kappa shape index (κ1) is 12.5. The van der Waals surface area contributed by atoms with Crippen LogP contribution in [0.5, 0.6) is 0 Å². The van der Waals surface area contributed by atoms with Gasteiger partial charge in [-0.25, -0.2) is 9.78 Å². The average Bonchev–Trinajstić information content (AvgIpc) is 2.40. The molecule has 1 aromatic rings. The van der Waals surface area contributed by atoms with E-state index in [1.807, 2.05) is 0 Å². The molecule has 1 saturated heterocycles. The summed E-state index contributed by atoms with van der Waals surface area (Å²) in [4.78, 5) is 26.3. The highest BCUT2D eigenvalue weighted by molar-refractivity contribution is 5.96. The molecule has 0 radical (unpaired) electrons. The molecule has 0 spiro atoms. The Morgan fingerprint density at radius 3 is 2.78 bits per heavy atom. The SMILES string of the molecule is O=C(NC1CCOCC1)c1ccnc(C(=O)O)c1. The zero-order chi connectivity index (χ0) is 13.0. The largest absolute Gasteiger partial charge is 0.477 e. The fraction of sp³-hybridized carbons (Fsp3) is 0.417. The van der Waals surface area contributed by atoms with Crippen molar-refractivity contribution < 1.29 is 19.4 Å². The second-order valence-corrected chi connectivity index (χ2v) is 4.10. The molecule has 1 fully saturated rings. The van der Waals surface area contributed by atoms with E-state index in [0.717, 1.165) is 12.8 Å². The molecule has 1 amide bonds. The minimum Gasteiger partial charge on any atom is -0.477 e. The molecular formula is C12H14N2O4. The molecule has 0 aromatic carbocycles. The molecule has 2 N–H and O–H groups in total. The molecule has 1 aliphatic rings. The van der Waals surface area contributed by atoms with Gasteiger partial charge in [0.25, 0.3) is 5.91 Å². The fourth-order valence-corrected chi connectivity index (χ4v) is 1.80. The van der Waals surface area contributed by atoms with E-state index >= 15 is 0 Å². The van der Waals surface area contributed by atoms with Crippen LogP contribution in [0.3, 0.4) is 0 Å². The van der Waals surface area contributed by atoms with Gasteiger partial charge in [0.05, 0.1) is 0 Å². The summed E-state index contributed by atoms with van der Waals surface area (Å²) in [5.41, 5.74) is 0.184. The van der Waals surface area contributed by atoms with E-state index in [-0.39, 0.29) is 17.6 Å². The van der Waals surface area contributed by atoms with Gasteiger partial charge in [0.15, 0.2) is 0 Å². The summed E-state index contributed by atoms with van der Waals surface area (Å²) in [5, 5.41) is 11.7. The molecule has 6 nitrogen and oxygen atoms in total. The van der Waals surface area contributed by atoms with Crippen molar-refractivity contribution in [3.05, 3.63) is 29.6 Å². The van der Waals surface area contributed by atoms with Crippen molar-refractivity contribution in [3.8, 4) is 0 Å². The molecule has 18 heavy (non-hydrogen) atoms. The molecule has 0 saturated carbocycles. The van der Waals surface area contributed by atoms with Crippen LogP contribution in [-0.4, -0.2) is 41.2 Å². The number of pyridine rings is 1. The quantitative estimate of drug-likeness (QED) is 0.823. The second kappa shape index (κ2) is 5.59. The van der Waals surface area contributed by atoms with Gasteiger partial charge in [-0.2, -0.15) is 0 Å². The number of aromatic nitrogens is 1. The Balaban J connectivity index is 2.03. The molecule has 0 aliphatic carbocycles. The lowest BCUT2D eigenvalue weighted by Gasteiger charge is -2.23. The zero-order valence-electron chi connectivity index (χ0n) is 9.76. The Morgan fingerprint density at radius 1 is 1.39 bits per heavy atom. The highest BCUT2D eigenvalue weighted by atomic mass is 16.5. The van der Waals surface area contributed by atoms with Gasteiger partial charge in [0.1, 0.15) is 5.69 Å². The van der Waals surface area contributed by atoms with Crippen molar-refractivity contribution in [2.45, 2.75) is 18.9 Å². The lowest BCUT2D eigenvalue weighted by Crippen LogP contribution is -2.38. The molecule has 2 heterocycles. The van der Waals surface area contributed by atoms with Gasteiger partial charge in [-0.15, -0.1) is 0 Å². The molecule has 96 valence electrons. The van der Waals surface area contributed by atoms with Gasteiger partial charge in [0.2, 0.25) is 0 Å². The summed E-state index contributed by atoms with van der Waals surface area (Å²) in [5.74, 6) is -1.41. The van der Waals surface area contributed by atoms with E-state index in [9.17, 15) is 9.59 Å². The molecular weight excluding hydrogens is 236 g/mol. The Morgan fingerprint density at radius 2 is 2.11 bits per heavy atom. The first-order valence-electron chi connectivity index (χ1n) is 5.75. The van der Waals surface area contributed by atoms with Gasteiger partial charge in [0, 0.05) is 31.0 Å². The monoisotopic (exact) mass is 250 g/mol. The predicted molar refractivity (Wildman–Crippen MR) is 62.5 cm³/mol. The van der Waals surface area contributed by atoms with E-state index in [2.05, 4.69) is 10.3 Å². The van der Waals surface area contributed by atoms with Gasteiger partial charge < -0.3 is 15.2 Å². The Kier molecular flexibility index (Phi) is 3.88. The topological polar surface area (TPSA) is 88.5 Å². The summed E-state index contributed by atoms with van der Waals surface area (Å²) in [7, 11) is 0. The van der Waals surface area contributed by atoms with Crippen molar-refractivity contribution in [1.29, 1.82) is 0 Å². The maximum atomic E-state index is 11.9. The molecule has 0 bridgehead atoms. The lowest BCUT2D eigenvalue weighted by molar-refractivity contribution is 0.0690. The van der Waals surface area contributed by atoms with E-state index in [1.54, 1.807) is 0 Å². The number of nitrogens with one attached hydrogen (secondary N) is 1. The first-order chi connectivity index (χ1) is 8.66. The van der Waals surface area contributed by atoms with Crippen molar-refractivity contribution in [1.82, 2.24) is 10.3 Å². The smallest absolute Gasteiger partial charge is 0.354 e. The maximum Gasteiger partial charge on any atom is 0.354 e. The standard InChI is InChI=1S/C12H14N2O4/c15-11(14-9-2-5-18-6-3-9)8-1-4-13-10(7-8)12(16)17/h1,4,7,9H,2-3,5-6H2,(H,14,15)(H,16,17). The number of rotatable bonds is 3. The van der Waals surface area contributed by atoms with Crippen LogP contribution in [0, 0.1) is 0 Å². The van der Waals surface area contributed by atoms with E-state index in [1.165, 1.54) is 18.3 Å². The highest BCUT2D eigenvalue weighted by Crippen LogP contribution is 2.08. The summed E-state index contributed by atoms with van der Waals surface area (Å²) in [6.45, 7) is 1.28. The summed E-state index contributed by atoms with van der Waals surface area (Å²) in [6.07, 6.45) is 2.88. The van der Waals surface area contributed by atoms with Crippen molar-refractivity contribution in [2.75, 3.05) is 13.2 Å². The minimum atomic E-state index is -1.14. The normalized spacial score (nSPS) is 16.2. The van der Waals surface area contributed by atoms with Crippen LogP contribution in [-0.2, 0) is 4.74 Å². The third-order valence-electron chi connectivity index (χ3n) is 2.80. The van der Waals surface area contributed by atoms with Gasteiger partial charge in [-0.3, -0.25) is 4.79 Å². The Hall–Kier alpha value is -1.95. The Bertz CT molecular complexity index is 455. The highest BCUT2D eigenvalue weighted by Gasteiger charge is 2.17. The van der Waals surface area contributed by atoms with Crippen LogP contribution in [0.1, 0.15) is 33.7 Å². The van der Waals surface area contributed by atoms with Crippen LogP contribution in [0.4, 0.5) is 0 Å². The minimum absolute atomic E-state index is 0.0905. The molecule has 0 atom stereocenters. The maximum absolute atomic E-state index is 11.9. The van der Waals surface area contributed by atoms with E-state index < -0.39 is 5.97 Å². The van der Waals surface area contributed by atoms with Gasteiger partial charge >= 0.3 is 5.97 Å². The van der Waals surface area contributed by atoms with Crippen LogP contribution in [0.2, 0.25) is 0 Å². The van der Waals surface area contributed by atoms with Crippen molar-refractivity contribution in [2.24, 2.45) is 0 Å². The number of hydrogen-bond donors (Lipinski definition) is 2. The first-order valence-corrected chi connectivity index (χ1v) is 5.75.